The highest BCUT2D eigenvalue weighted by Gasteiger charge is 2.06. The Morgan fingerprint density at radius 3 is 2.75 bits per heavy atom. The van der Waals surface area contributed by atoms with Crippen LogP contribution in [0.2, 0.25) is 5.02 Å². The lowest BCUT2D eigenvalue weighted by Crippen LogP contribution is -1.98. The zero-order chi connectivity index (χ0) is 11.7. The number of hydrogen-bond acceptors (Lipinski definition) is 1. The molecular formula is C13H13ClFN. The summed E-state index contributed by atoms with van der Waals surface area (Å²) in [5.74, 6) is 0.229. The van der Waals surface area contributed by atoms with Crippen molar-refractivity contribution in [3.8, 4) is 0 Å². The van der Waals surface area contributed by atoms with Crippen LogP contribution in [-0.4, -0.2) is 4.98 Å². The van der Waals surface area contributed by atoms with Crippen molar-refractivity contribution in [1.82, 2.24) is 4.98 Å². The molecule has 2 rings (SSSR count). The van der Waals surface area contributed by atoms with Gasteiger partial charge in [0.2, 0.25) is 0 Å². The Labute approximate surface area is 99.3 Å². The molecule has 0 aliphatic carbocycles. The lowest BCUT2D eigenvalue weighted by Gasteiger charge is -2.07. The summed E-state index contributed by atoms with van der Waals surface area (Å²) in [4.78, 5) is 4.41. The van der Waals surface area contributed by atoms with Crippen LogP contribution in [0.3, 0.4) is 0 Å². The van der Waals surface area contributed by atoms with Crippen molar-refractivity contribution in [2.24, 2.45) is 5.92 Å². The van der Waals surface area contributed by atoms with Crippen molar-refractivity contribution in [2.75, 3.05) is 0 Å². The molecule has 0 radical (unpaired) electrons. The Bertz CT molecular complexity index is 523. The highest BCUT2D eigenvalue weighted by Crippen LogP contribution is 2.24. The number of pyridine rings is 1. The highest BCUT2D eigenvalue weighted by atomic mass is 35.5. The maximum Gasteiger partial charge on any atom is 0.125 e. The van der Waals surface area contributed by atoms with Gasteiger partial charge in [0.05, 0.1) is 10.5 Å². The topological polar surface area (TPSA) is 12.9 Å². The zero-order valence-corrected chi connectivity index (χ0v) is 10.1. The fourth-order valence-corrected chi connectivity index (χ4v) is 2.02. The van der Waals surface area contributed by atoms with Gasteiger partial charge in [-0.3, -0.25) is 4.98 Å². The Balaban J connectivity index is 2.56. The van der Waals surface area contributed by atoms with E-state index in [0.717, 1.165) is 17.5 Å². The van der Waals surface area contributed by atoms with Crippen molar-refractivity contribution < 1.29 is 4.39 Å². The van der Waals surface area contributed by atoms with Gasteiger partial charge >= 0.3 is 0 Å². The minimum Gasteiger partial charge on any atom is -0.253 e. The molecule has 0 atom stereocenters. The van der Waals surface area contributed by atoms with Gasteiger partial charge in [-0.1, -0.05) is 25.4 Å². The average Bonchev–Trinajstić information content (AvgIpc) is 2.15. The Morgan fingerprint density at radius 1 is 1.31 bits per heavy atom. The molecule has 0 aliphatic heterocycles. The van der Waals surface area contributed by atoms with Gasteiger partial charge in [-0.05, 0) is 30.5 Å². The van der Waals surface area contributed by atoms with Crippen LogP contribution in [0.4, 0.5) is 4.39 Å². The third kappa shape index (κ3) is 2.33. The van der Waals surface area contributed by atoms with Crippen molar-refractivity contribution in [3.63, 3.8) is 0 Å². The molecule has 16 heavy (non-hydrogen) atoms. The maximum atomic E-state index is 13.1. The van der Waals surface area contributed by atoms with Crippen LogP contribution >= 0.6 is 11.6 Å². The molecule has 1 aromatic carbocycles. The van der Waals surface area contributed by atoms with Gasteiger partial charge in [-0.15, -0.1) is 0 Å². The van der Waals surface area contributed by atoms with E-state index in [2.05, 4.69) is 18.8 Å². The van der Waals surface area contributed by atoms with E-state index in [4.69, 9.17) is 11.6 Å². The third-order valence-corrected chi connectivity index (χ3v) is 2.70. The lowest BCUT2D eigenvalue weighted by atomic mass is 10.1. The van der Waals surface area contributed by atoms with Gasteiger partial charge in [-0.25, -0.2) is 4.39 Å². The monoisotopic (exact) mass is 237 g/mol. The normalized spacial score (nSPS) is 11.3. The Hall–Kier alpha value is -1.15. The van der Waals surface area contributed by atoms with Crippen LogP contribution in [0, 0.1) is 11.7 Å². The first-order valence-electron chi connectivity index (χ1n) is 5.31. The van der Waals surface area contributed by atoms with E-state index in [0.29, 0.717) is 16.5 Å². The fraction of sp³-hybridized carbons (Fsp3) is 0.308. The smallest absolute Gasteiger partial charge is 0.125 e. The molecule has 1 heterocycles. The first-order chi connectivity index (χ1) is 7.56. The van der Waals surface area contributed by atoms with Gasteiger partial charge in [0.25, 0.3) is 0 Å². The summed E-state index contributed by atoms with van der Waals surface area (Å²) in [6.07, 6.45) is 0.853. The first kappa shape index (κ1) is 11.3. The van der Waals surface area contributed by atoms with E-state index in [1.807, 2.05) is 6.07 Å². The highest BCUT2D eigenvalue weighted by molar-refractivity contribution is 6.35. The molecule has 0 N–H and O–H groups in total. The quantitative estimate of drug-likeness (QED) is 0.762. The van der Waals surface area contributed by atoms with Crippen LogP contribution < -0.4 is 0 Å². The van der Waals surface area contributed by atoms with E-state index in [-0.39, 0.29) is 5.82 Å². The van der Waals surface area contributed by atoms with Crippen molar-refractivity contribution in [2.45, 2.75) is 20.3 Å². The molecule has 1 aromatic heterocycles. The summed E-state index contributed by atoms with van der Waals surface area (Å²) >= 11 is 6.14. The molecule has 0 saturated carbocycles. The number of aromatic nitrogens is 1. The molecule has 2 aromatic rings. The number of benzene rings is 1. The third-order valence-electron chi connectivity index (χ3n) is 2.39. The van der Waals surface area contributed by atoms with Crippen LogP contribution in [0.5, 0.6) is 0 Å². The van der Waals surface area contributed by atoms with Crippen molar-refractivity contribution in [3.05, 3.63) is 40.8 Å². The molecule has 0 spiro atoms. The molecule has 3 heteroatoms. The van der Waals surface area contributed by atoms with Gasteiger partial charge < -0.3 is 0 Å². The summed E-state index contributed by atoms with van der Waals surface area (Å²) in [6.45, 7) is 4.23. The molecule has 1 nitrogen and oxygen atoms in total. The van der Waals surface area contributed by atoms with Crippen LogP contribution in [0.25, 0.3) is 10.9 Å². The summed E-state index contributed by atoms with van der Waals surface area (Å²) in [6, 6.07) is 6.35. The summed E-state index contributed by atoms with van der Waals surface area (Å²) in [5.41, 5.74) is 1.54. The number of hydrogen-bond donors (Lipinski definition) is 0. The average molecular weight is 238 g/mol. The number of rotatable bonds is 2. The SMILES string of the molecule is CC(C)Cc1cc(Cl)c2ccc(F)cc2n1. The molecule has 0 amide bonds. The second-order valence-electron chi connectivity index (χ2n) is 4.35. The second kappa shape index (κ2) is 4.38. The second-order valence-corrected chi connectivity index (χ2v) is 4.76. The maximum absolute atomic E-state index is 13.1. The van der Waals surface area contributed by atoms with E-state index >= 15 is 0 Å². The first-order valence-corrected chi connectivity index (χ1v) is 5.69. The van der Waals surface area contributed by atoms with Crippen molar-refractivity contribution >= 4 is 22.5 Å². The van der Waals surface area contributed by atoms with Crippen molar-refractivity contribution in [1.29, 1.82) is 0 Å². The van der Waals surface area contributed by atoms with Gasteiger partial charge in [-0.2, -0.15) is 0 Å². The lowest BCUT2D eigenvalue weighted by molar-refractivity contribution is 0.628. The van der Waals surface area contributed by atoms with E-state index in [9.17, 15) is 4.39 Å². The minimum atomic E-state index is -0.280. The predicted octanol–water partition coefficient (Wildman–Crippen LogP) is 4.23. The Morgan fingerprint density at radius 2 is 2.06 bits per heavy atom. The summed E-state index contributed by atoms with van der Waals surface area (Å²) in [5, 5.41) is 1.44. The zero-order valence-electron chi connectivity index (χ0n) is 9.30. The van der Waals surface area contributed by atoms with Crippen LogP contribution in [0.1, 0.15) is 19.5 Å². The Kier molecular flexibility index (Phi) is 3.10. The molecule has 0 fully saturated rings. The van der Waals surface area contributed by atoms with Gasteiger partial charge in [0.15, 0.2) is 0 Å². The van der Waals surface area contributed by atoms with E-state index in [1.54, 1.807) is 6.07 Å². The van der Waals surface area contributed by atoms with E-state index in [1.165, 1.54) is 12.1 Å². The number of fused-ring (bicyclic) bond motifs is 1. The molecular weight excluding hydrogens is 225 g/mol. The van der Waals surface area contributed by atoms with Gasteiger partial charge in [0, 0.05) is 17.1 Å². The molecule has 0 aliphatic rings. The molecule has 84 valence electrons. The fourth-order valence-electron chi connectivity index (χ4n) is 1.73. The van der Waals surface area contributed by atoms with Gasteiger partial charge in [0.1, 0.15) is 5.82 Å². The van der Waals surface area contributed by atoms with Crippen LogP contribution in [-0.2, 0) is 6.42 Å². The molecule has 0 bridgehead atoms. The standard InChI is InChI=1S/C13H13ClFN/c1-8(2)5-10-7-12(14)11-4-3-9(15)6-13(11)16-10/h3-4,6-8H,5H2,1-2H3. The largest absolute Gasteiger partial charge is 0.253 e. The summed E-state index contributed by atoms with van der Waals surface area (Å²) in [7, 11) is 0. The molecule has 0 unspecified atom stereocenters. The van der Waals surface area contributed by atoms with Crippen LogP contribution in [0.15, 0.2) is 24.3 Å². The number of halogens is 2. The minimum absolute atomic E-state index is 0.280. The summed E-state index contributed by atoms with van der Waals surface area (Å²) < 4.78 is 13.1. The van der Waals surface area contributed by atoms with E-state index < -0.39 is 0 Å². The number of nitrogens with zero attached hydrogens (tertiary/aromatic N) is 1. The molecule has 0 saturated heterocycles. The predicted molar refractivity (Wildman–Crippen MR) is 65.3 cm³/mol.